The fourth-order valence-corrected chi connectivity index (χ4v) is 4.36. The second-order valence-corrected chi connectivity index (χ2v) is 8.76. The topological polar surface area (TPSA) is 64.7 Å². The summed E-state index contributed by atoms with van der Waals surface area (Å²) in [5.41, 5.74) is 0.580. The van der Waals surface area contributed by atoms with Crippen molar-refractivity contribution in [3.05, 3.63) is 54.1 Å². The Morgan fingerprint density at radius 3 is 2.23 bits per heavy atom. The second kappa shape index (κ2) is 9.71. The van der Waals surface area contributed by atoms with Crippen LogP contribution in [0.25, 0.3) is 0 Å². The van der Waals surface area contributed by atoms with Gasteiger partial charge in [-0.3, -0.25) is 4.79 Å². The van der Waals surface area contributed by atoms with Gasteiger partial charge in [0.15, 0.2) is 0 Å². The van der Waals surface area contributed by atoms with Crippen molar-refractivity contribution in [2.75, 3.05) is 34.8 Å². The van der Waals surface area contributed by atoms with E-state index in [1.807, 2.05) is 0 Å². The number of halogens is 5. The molecule has 2 aliphatic rings. The molecule has 0 unspecified atom stereocenters. The van der Waals surface area contributed by atoms with Crippen molar-refractivity contribution in [2.45, 2.75) is 43.8 Å². The van der Waals surface area contributed by atoms with Gasteiger partial charge in [-0.25, -0.2) is 13.6 Å². The summed E-state index contributed by atoms with van der Waals surface area (Å²) in [6, 6.07) is 9.29. The molecule has 2 aromatic carbocycles. The zero-order valence-corrected chi connectivity index (χ0v) is 18.7. The van der Waals surface area contributed by atoms with Crippen molar-refractivity contribution in [1.82, 2.24) is 5.32 Å². The lowest BCUT2D eigenvalue weighted by molar-refractivity contribution is -0.137. The number of nitrogens with zero attached hydrogens (tertiary/aromatic N) is 2. The fraction of sp³-hybridized carbons (Fsp3) is 0.417. The minimum absolute atomic E-state index is 0.120. The summed E-state index contributed by atoms with van der Waals surface area (Å²) in [5, 5.41) is 5.02. The van der Waals surface area contributed by atoms with E-state index in [-0.39, 0.29) is 24.6 Å². The van der Waals surface area contributed by atoms with Crippen LogP contribution >= 0.6 is 0 Å². The molecule has 0 aromatic heterocycles. The molecule has 11 heteroatoms. The van der Waals surface area contributed by atoms with E-state index in [1.165, 1.54) is 4.90 Å². The lowest BCUT2D eigenvalue weighted by atomic mass is 10.0. The maximum atomic E-state index is 13.7. The first-order chi connectivity index (χ1) is 16.5. The van der Waals surface area contributed by atoms with Gasteiger partial charge in [0, 0.05) is 36.6 Å². The third kappa shape index (κ3) is 6.01. The zero-order valence-electron chi connectivity index (χ0n) is 18.7. The zero-order chi connectivity index (χ0) is 25.2. The van der Waals surface area contributed by atoms with Gasteiger partial charge in [-0.05, 0) is 67.8 Å². The van der Waals surface area contributed by atoms with Crippen LogP contribution in [0.3, 0.4) is 0 Å². The van der Waals surface area contributed by atoms with Gasteiger partial charge in [-0.15, -0.1) is 0 Å². The number of alkyl halides is 5. The molecule has 35 heavy (non-hydrogen) atoms. The van der Waals surface area contributed by atoms with Gasteiger partial charge in [-0.2, -0.15) is 13.2 Å². The molecule has 0 spiro atoms. The molecule has 2 saturated heterocycles. The molecular formula is C24H25F5N4O2. The number of piperidine rings is 2. The van der Waals surface area contributed by atoms with Gasteiger partial charge in [0.1, 0.15) is 6.04 Å². The highest BCUT2D eigenvalue weighted by atomic mass is 19.4. The molecule has 2 fully saturated rings. The van der Waals surface area contributed by atoms with Gasteiger partial charge >= 0.3 is 12.2 Å². The van der Waals surface area contributed by atoms with E-state index in [1.54, 1.807) is 29.2 Å². The van der Waals surface area contributed by atoms with E-state index in [9.17, 15) is 31.5 Å². The van der Waals surface area contributed by atoms with E-state index in [0.29, 0.717) is 43.7 Å². The van der Waals surface area contributed by atoms with Gasteiger partial charge < -0.3 is 20.4 Å². The van der Waals surface area contributed by atoms with Crippen LogP contribution in [0.1, 0.15) is 31.2 Å². The van der Waals surface area contributed by atoms with Crippen LogP contribution in [-0.2, 0) is 11.0 Å². The van der Waals surface area contributed by atoms with Crippen LogP contribution in [-0.4, -0.2) is 43.5 Å². The number of benzene rings is 2. The summed E-state index contributed by atoms with van der Waals surface area (Å²) in [6.07, 6.45) is -3.16. The molecule has 2 N–H and O–H groups in total. The Kier molecular flexibility index (Phi) is 6.86. The number of carbonyl (C=O) groups is 2. The molecule has 0 radical (unpaired) electrons. The smallest absolute Gasteiger partial charge is 0.365 e. The molecule has 0 bridgehead atoms. The first-order valence-electron chi connectivity index (χ1n) is 11.3. The number of hydrogen-bond acceptors (Lipinski definition) is 3. The number of amides is 3. The molecule has 0 saturated carbocycles. The van der Waals surface area contributed by atoms with Crippen molar-refractivity contribution in [1.29, 1.82) is 0 Å². The quantitative estimate of drug-likeness (QED) is 0.568. The largest absolute Gasteiger partial charge is 0.416 e. The molecule has 4 rings (SSSR count). The number of hydrogen-bond donors (Lipinski definition) is 2. The first-order valence-corrected chi connectivity index (χ1v) is 11.3. The van der Waals surface area contributed by atoms with Crippen LogP contribution < -0.4 is 20.4 Å². The number of rotatable bonds is 4. The average Bonchev–Trinajstić information content (AvgIpc) is 2.80. The normalized spacial score (nSPS) is 20.5. The predicted octanol–water partition coefficient (Wildman–Crippen LogP) is 5.26. The van der Waals surface area contributed by atoms with Crippen LogP contribution in [0.5, 0.6) is 0 Å². The van der Waals surface area contributed by atoms with E-state index in [2.05, 4.69) is 10.6 Å². The summed E-state index contributed by atoms with van der Waals surface area (Å²) in [7, 11) is 0. The van der Waals surface area contributed by atoms with E-state index in [4.69, 9.17) is 0 Å². The van der Waals surface area contributed by atoms with Crippen molar-refractivity contribution in [3.63, 3.8) is 0 Å². The van der Waals surface area contributed by atoms with Crippen molar-refractivity contribution in [3.8, 4) is 0 Å². The number of carbonyl (C=O) groups excluding carboxylic acids is 2. The summed E-state index contributed by atoms with van der Waals surface area (Å²) in [5.74, 6) is -3.05. The average molecular weight is 496 g/mol. The Bertz CT molecular complexity index is 1060. The van der Waals surface area contributed by atoms with Gasteiger partial charge in [0.2, 0.25) is 5.91 Å². The van der Waals surface area contributed by atoms with Crippen molar-refractivity contribution in [2.24, 2.45) is 0 Å². The molecule has 2 aromatic rings. The molecule has 2 heterocycles. The number of anilines is 3. The molecule has 1 atom stereocenters. The van der Waals surface area contributed by atoms with Crippen LogP contribution in [0.15, 0.2) is 48.5 Å². The van der Waals surface area contributed by atoms with E-state index in [0.717, 1.165) is 24.3 Å². The Labute approximate surface area is 199 Å². The van der Waals surface area contributed by atoms with Gasteiger partial charge in [0.25, 0.3) is 5.92 Å². The minimum Gasteiger partial charge on any atom is -0.365 e. The third-order valence-electron chi connectivity index (χ3n) is 6.13. The molecule has 6 nitrogen and oxygen atoms in total. The lowest BCUT2D eigenvalue weighted by Crippen LogP contribution is -2.53. The van der Waals surface area contributed by atoms with Gasteiger partial charge in [0.05, 0.1) is 12.1 Å². The molecule has 188 valence electrons. The number of urea groups is 1. The maximum Gasteiger partial charge on any atom is 0.416 e. The molecule has 0 aliphatic carbocycles. The summed E-state index contributed by atoms with van der Waals surface area (Å²) in [4.78, 5) is 28.5. The van der Waals surface area contributed by atoms with E-state index >= 15 is 0 Å². The summed E-state index contributed by atoms with van der Waals surface area (Å²) >= 11 is 0. The molecular weight excluding hydrogens is 471 g/mol. The monoisotopic (exact) mass is 496 g/mol. The van der Waals surface area contributed by atoms with Crippen molar-refractivity contribution >= 4 is 29.0 Å². The minimum atomic E-state index is -4.48. The third-order valence-corrected chi connectivity index (χ3v) is 6.13. The van der Waals surface area contributed by atoms with Gasteiger partial charge in [-0.1, -0.05) is 0 Å². The Hall–Kier alpha value is -3.37. The Morgan fingerprint density at radius 2 is 1.60 bits per heavy atom. The summed E-state index contributed by atoms with van der Waals surface area (Å²) < 4.78 is 65.5. The second-order valence-electron chi connectivity index (χ2n) is 8.76. The van der Waals surface area contributed by atoms with Crippen LogP contribution in [0.4, 0.5) is 43.8 Å². The maximum absolute atomic E-state index is 13.7. The standard InChI is InChI=1S/C24H25F5N4O2/c25-23(26)12-2-13-32(15-23)18-8-10-19(11-9-18)33-14-1-3-20(21(33)34)31-22(35)30-17-6-4-16(5-7-17)24(27,28)29/h4-11,20H,1-3,12-15H2,(H2,30,31,35)/t20-/m1/s1. The van der Waals surface area contributed by atoms with Crippen LogP contribution in [0.2, 0.25) is 0 Å². The van der Waals surface area contributed by atoms with E-state index < -0.39 is 29.7 Å². The highest BCUT2D eigenvalue weighted by Gasteiger charge is 2.36. The highest BCUT2D eigenvalue weighted by molar-refractivity contribution is 6.01. The highest BCUT2D eigenvalue weighted by Crippen LogP contribution is 2.32. The lowest BCUT2D eigenvalue weighted by Gasteiger charge is -2.35. The summed E-state index contributed by atoms with van der Waals surface area (Å²) in [6.45, 7) is 0.644. The molecule has 3 amide bonds. The van der Waals surface area contributed by atoms with Crippen molar-refractivity contribution < 1.29 is 31.5 Å². The number of nitrogens with one attached hydrogen (secondary N) is 2. The Morgan fingerprint density at radius 1 is 0.943 bits per heavy atom. The predicted molar refractivity (Wildman–Crippen MR) is 122 cm³/mol. The SMILES string of the molecule is O=C(Nc1ccc(C(F)(F)F)cc1)N[C@@H]1CCCN(c2ccc(N3CCCC(F)(F)C3)cc2)C1=O. The fourth-order valence-electron chi connectivity index (χ4n) is 4.36. The molecule has 2 aliphatic heterocycles. The first kappa shape index (κ1) is 24.7. The Balaban J connectivity index is 1.36. The van der Waals surface area contributed by atoms with Crippen LogP contribution in [0, 0.1) is 0 Å².